The molecule has 0 bridgehead atoms. The molecule has 2 amide bonds. The molecular formula is C27H35IN2O8. The SMILES string of the molecule is COc1cc(C=O)cc(I)c1OC1C=C(C(=O)NCCO)CC(N(C(=O)C2CCCO2)C2CCCC2)C1O. The molecule has 1 saturated carbocycles. The molecule has 38 heavy (non-hydrogen) atoms. The van der Waals surface area contributed by atoms with E-state index >= 15 is 0 Å². The lowest BCUT2D eigenvalue weighted by Crippen LogP contribution is -2.59. The first-order chi connectivity index (χ1) is 18.4. The highest BCUT2D eigenvalue weighted by Gasteiger charge is 2.45. The molecule has 1 aromatic carbocycles. The number of ether oxygens (including phenoxy) is 3. The number of methoxy groups -OCH3 is 1. The van der Waals surface area contributed by atoms with E-state index in [1.165, 1.54) is 7.11 Å². The van der Waals surface area contributed by atoms with E-state index in [-0.39, 0.29) is 31.5 Å². The zero-order valence-electron chi connectivity index (χ0n) is 21.4. The number of carbonyl (C=O) groups excluding carboxylic acids is 3. The summed E-state index contributed by atoms with van der Waals surface area (Å²) in [5.41, 5.74) is 0.773. The molecular weight excluding hydrogens is 607 g/mol. The minimum absolute atomic E-state index is 0.0617. The van der Waals surface area contributed by atoms with E-state index in [2.05, 4.69) is 5.32 Å². The lowest BCUT2D eigenvalue weighted by molar-refractivity contribution is -0.151. The zero-order valence-corrected chi connectivity index (χ0v) is 23.6. The van der Waals surface area contributed by atoms with Gasteiger partial charge in [0.05, 0.1) is 23.3 Å². The monoisotopic (exact) mass is 642 g/mol. The summed E-state index contributed by atoms with van der Waals surface area (Å²) < 4.78 is 18.1. The van der Waals surface area contributed by atoms with E-state index in [4.69, 9.17) is 14.2 Å². The van der Waals surface area contributed by atoms with Crippen LogP contribution < -0.4 is 14.8 Å². The fraction of sp³-hybridized carbons (Fsp3) is 0.593. The number of halogens is 1. The molecule has 1 aromatic rings. The van der Waals surface area contributed by atoms with Gasteiger partial charge >= 0.3 is 0 Å². The van der Waals surface area contributed by atoms with Crippen molar-refractivity contribution in [2.45, 2.75) is 75.3 Å². The molecule has 3 aliphatic rings. The fourth-order valence-corrected chi connectivity index (χ4v) is 6.29. The summed E-state index contributed by atoms with van der Waals surface area (Å²) in [5, 5.41) is 23.6. The van der Waals surface area contributed by atoms with E-state index in [9.17, 15) is 24.6 Å². The number of hydrogen-bond donors (Lipinski definition) is 3. The van der Waals surface area contributed by atoms with E-state index in [1.807, 2.05) is 22.6 Å². The van der Waals surface area contributed by atoms with Gasteiger partial charge in [-0.3, -0.25) is 14.4 Å². The molecule has 1 saturated heterocycles. The maximum absolute atomic E-state index is 13.8. The van der Waals surface area contributed by atoms with Crippen LogP contribution >= 0.6 is 22.6 Å². The van der Waals surface area contributed by atoms with Crippen LogP contribution in [0.5, 0.6) is 11.5 Å². The van der Waals surface area contributed by atoms with Crippen molar-refractivity contribution in [2.75, 3.05) is 26.9 Å². The third-order valence-electron chi connectivity index (χ3n) is 7.39. The van der Waals surface area contributed by atoms with Crippen LogP contribution in [0.25, 0.3) is 0 Å². The van der Waals surface area contributed by atoms with Crippen molar-refractivity contribution in [2.24, 2.45) is 0 Å². The van der Waals surface area contributed by atoms with Crippen molar-refractivity contribution < 1.29 is 38.8 Å². The molecule has 11 heteroatoms. The Morgan fingerprint density at radius 3 is 2.63 bits per heavy atom. The van der Waals surface area contributed by atoms with Gasteiger partial charge in [0.1, 0.15) is 24.6 Å². The Kier molecular flexibility index (Phi) is 10.0. The maximum Gasteiger partial charge on any atom is 0.252 e. The molecule has 4 rings (SSSR count). The highest BCUT2D eigenvalue weighted by atomic mass is 127. The summed E-state index contributed by atoms with van der Waals surface area (Å²) in [7, 11) is 1.46. The summed E-state index contributed by atoms with van der Waals surface area (Å²) >= 11 is 2.03. The van der Waals surface area contributed by atoms with Gasteiger partial charge in [0, 0.05) is 36.8 Å². The Morgan fingerprint density at radius 2 is 2.00 bits per heavy atom. The molecule has 4 atom stereocenters. The Hall–Kier alpha value is -2.22. The number of benzene rings is 1. The van der Waals surface area contributed by atoms with Crippen molar-refractivity contribution in [3.8, 4) is 11.5 Å². The number of nitrogens with zero attached hydrogens (tertiary/aromatic N) is 1. The smallest absolute Gasteiger partial charge is 0.252 e. The quantitative estimate of drug-likeness (QED) is 0.261. The number of hydrogen-bond acceptors (Lipinski definition) is 8. The first kappa shape index (κ1) is 28.8. The summed E-state index contributed by atoms with van der Waals surface area (Å²) in [4.78, 5) is 39.9. The highest BCUT2D eigenvalue weighted by molar-refractivity contribution is 14.1. The van der Waals surface area contributed by atoms with Crippen molar-refractivity contribution in [1.29, 1.82) is 0 Å². The van der Waals surface area contributed by atoms with Crippen molar-refractivity contribution in [3.63, 3.8) is 0 Å². The molecule has 1 aliphatic heterocycles. The van der Waals surface area contributed by atoms with Gasteiger partial charge in [-0.1, -0.05) is 12.8 Å². The topological polar surface area (TPSA) is 135 Å². The zero-order chi connectivity index (χ0) is 27.2. The molecule has 2 aliphatic carbocycles. The van der Waals surface area contributed by atoms with Crippen LogP contribution in [0.2, 0.25) is 0 Å². The maximum atomic E-state index is 13.8. The standard InChI is InChI=1S/C27H35IN2O8/c1-36-23-12-16(15-32)11-19(28)25(23)38-22-14-17(26(34)29-8-9-31)13-20(24(22)33)30(18-5-2-3-6-18)27(35)21-7-4-10-37-21/h11-12,14-15,18,20-22,24,31,33H,2-10,13H2,1H3,(H,29,34). The molecule has 2 fully saturated rings. The molecule has 1 heterocycles. The van der Waals surface area contributed by atoms with Gasteiger partial charge in [-0.2, -0.15) is 0 Å². The lowest BCUT2D eigenvalue weighted by atomic mass is 9.86. The van der Waals surface area contributed by atoms with E-state index in [0.717, 1.165) is 32.1 Å². The summed E-state index contributed by atoms with van der Waals surface area (Å²) in [6.45, 7) is 0.391. The average Bonchev–Trinajstić information content (AvgIpc) is 3.65. The first-order valence-corrected chi connectivity index (χ1v) is 14.2. The number of amides is 2. The van der Waals surface area contributed by atoms with Crippen LogP contribution in [-0.2, 0) is 14.3 Å². The normalized spacial score (nSPS) is 25.5. The molecule has 0 radical (unpaired) electrons. The van der Waals surface area contributed by atoms with Crippen LogP contribution in [-0.4, -0.2) is 90.5 Å². The van der Waals surface area contributed by atoms with Crippen LogP contribution in [0, 0.1) is 3.57 Å². The highest BCUT2D eigenvalue weighted by Crippen LogP contribution is 2.38. The Balaban J connectivity index is 1.71. The van der Waals surface area contributed by atoms with Crippen molar-refractivity contribution in [1.82, 2.24) is 10.2 Å². The number of rotatable bonds is 10. The summed E-state index contributed by atoms with van der Waals surface area (Å²) in [6.07, 6.45) is 4.80. The fourth-order valence-electron chi connectivity index (χ4n) is 5.54. The minimum atomic E-state index is -1.14. The van der Waals surface area contributed by atoms with Gasteiger partial charge in [0.2, 0.25) is 5.91 Å². The third-order valence-corrected chi connectivity index (χ3v) is 8.19. The Bertz CT molecular complexity index is 1050. The second kappa shape index (κ2) is 13.2. The summed E-state index contributed by atoms with van der Waals surface area (Å²) in [6, 6.07) is 2.41. The molecule has 208 valence electrons. The number of aldehydes is 1. The number of aliphatic hydroxyl groups is 2. The molecule has 3 N–H and O–H groups in total. The van der Waals surface area contributed by atoms with Gasteiger partial charge in [-0.15, -0.1) is 0 Å². The molecule has 4 unspecified atom stereocenters. The Morgan fingerprint density at radius 1 is 1.24 bits per heavy atom. The number of aliphatic hydroxyl groups excluding tert-OH is 2. The first-order valence-electron chi connectivity index (χ1n) is 13.1. The summed E-state index contributed by atoms with van der Waals surface area (Å²) in [5.74, 6) is 0.0962. The van der Waals surface area contributed by atoms with Crippen LogP contribution in [0.15, 0.2) is 23.8 Å². The van der Waals surface area contributed by atoms with Gasteiger partial charge in [0.15, 0.2) is 11.5 Å². The largest absolute Gasteiger partial charge is 0.493 e. The molecule has 0 aromatic heterocycles. The van der Waals surface area contributed by atoms with Crippen molar-refractivity contribution in [3.05, 3.63) is 32.9 Å². The van der Waals surface area contributed by atoms with Crippen LogP contribution in [0.1, 0.15) is 55.3 Å². The van der Waals surface area contributed by atoms with Gasteiger partial charge in [-0.25, -0.2) is 0 Å². The molecule has 10 nitrogen and oxygen atoms in total. The second-order valence-corrected chi connectivity index (χ2v) is 11.0. The third kappa shape index (κ3) is 6.32. The van der Waals surface area contributed by atoms with Crippen molar-refractivity contribution >= 4 is 40.7 Å². The van der Waals surface area contributed by atoms with Gasteiger partial charge in [-0.05, 0) is 66.5 Å². The van der Waals surface area contributed by atoms with Crippen LogP contribution in [0.3, 0.4) is 0 Å². The molecule has 0 spiro atoms. The Labute approximate surface area is 235 Å². The lowest BCUT2D eigenvalue weighted by Gasteiger charge is -2.44. The van der Waals surface area contributed by atoms with E-state index < -0.39 is 30.3 Å². The predicted molar refractivity (Wildman–Crippen MR) is 146 cm³/mol. The predicted octanol–water partition coefficient (Wildman–Crippen LogP) is 1.98. The van der Waals surface area contributed by atoms with Crippen LogP contribution in [0.4, 0.5) is 0 Å². The van der Waals surface area contributed by atoms with Gasteiger partial charge in [0.25, 0.3) is 5.91 Å². The van der Waals surface area contributed by atoms with Gasteiger partial charge < -0.3 is 34.6 Å². The minimum Gasteiger partial charge on any atom is -0.493 e. The second-order valence-electron chi connectivity index (χ2n) is 9.85. The van der Waals surface area contributed by atoms with E-state index in [0.29, 0.717) is 45.5 Å². The number of nitrogens with one attached hydrogen (secondary N) is 1. The van der Waals surface area contributed by atoms with E-state index in [1.54, 1.807) is 23.1 Å². The average molecular weight is 642 g/mol. The number of carbonyl (C=O) groups is 3.